The Morgan fingerprint density at radius 3 is 1.50 bits per heavy atom. The molecule has 0 saturated carbocycles. The molecule has 2 aliphatic heterocycles. The van der Waals surface area contributed by atoms with E-state index in [1.165, 1.54) is 5.69 Å². The van der Waals surface area contributed by atoms with Gasteiger partial charge >= 0.3 is 0 Å². The Morgan fingerprint density at radius 2 is 1.04 bits per heavy atom. The zero-order chi connectivity index (χ0) is 48.5. The molecule has 0 bridgehead atoms. The first-order valence-corrected chi connectivity index (χ1v) is 24.4. The highest BCUT2D eigenvalue weighted by Gasteiger charge is 2.15. The first-order valence-electron chi connectivity index (χ1n) is 22.8. The lowest BCUT2D eigenvalue weighted by Gasteiger charge is -2.28. The highest BCUT2D eigenvalue weighted by atomic mass is 32.2. The summed E-state index contributed by atoms with van der Waals surface area (Å²) in [6.07, 6.45) is 3.60. The largest absolute Gasteiger partial charge is 0.378 e. The van der Waals surface area contributed by atoms with E-state index in [4.69, 9.17) is 19.4 Å². The van der Waals surface area contributed by atoms with Crippen molar-refractivity contribution in [3.8, 4) is 22.3 Å². The summed E-state index contributed by atoms with van der Waals surface area (Å²) in [5.41, 5.74) is 11.0. The summed E-state index contributed by atoms with van der Waals surface area (Å²) in [6.45, 7) is 15.3. The van der Waals surface area contributed by atoms with Gasteiger partial charge in [-0.25, -0.2) is 28.4 Å². The van der Waals surface area contributed by atoms with Crippen LogP contribution in [0.3, 0.4) is 0 Å². The third-order valence-electron chi connectivity index (χ3n) is 11.7. The molecule has 4 heterocycles. The normalized spacial score (nSPS) is 13.7. The minimum absolute atomic E-state index is 0.200. The van der Waals surface area contributed by atoms with Crippen LogP contribution in [0.25, 0.3) is 44.1 Å². The lowest BCUT2D eigenvalue weighted by Crippen LogP contribution is -2.36. The van der Waals surface area contributed by atoms with Gasteiger partial charge in [0.25, 0.3) is 15.9 Å². The molecule has 6 aromatic carbocycles. The molecule has 2 aromatic heterocycles. The second-order valence-electron chi connectivity index (χ2n) is 16.6. The number of fused-ring (bicyclic) bond motifs is 2. The van der Waals surface area contributed by atoms with Crippen molar-refractivity contribution in [2.75, 3.05) is 83.1 Å². The van der Waals surface area contributed by atoms with E-state index in [1.807, 2.05) is 97.2 Å². The molecule has 4 N–H and O–H groups in total. The minimum Gasteiger partial charge on any atom is -0.378 e. The average molecular weight is 953 g/mol. The molecule has 2 fully saturated rings. The number of anilines is 8. The van der Waals surface area contributed by atoms with E-state index in [0.717, 1.165) is 119 Å². The zero-order valence-electron chi connectivity index (χ0n) is 38.6. The van der Waals surface area contributed by atoms with Crippen molar-refractivity contribution < 1.29 is 22.7 Å². The number of sulfonamides is 1. The Labute approximate surface area is 407 Å². The highest BCUT2D eigenvalue weighted by molar-refractivity contribution is 7.95. The number of rotatable bonds is 13. The fourth-order valence-corrected chi connectivity index (χ4v) is 8.61. The molecule has 8 aromatic rings. The number of aromatic nitrogens is 4. The van der Waals surface area contributed by atoms with Crippen molar-refractivity contribution in [3.05, 3.63) is 170 Å². The molecule has 0 aliphatic carbocycles. The molecule has 354 valence electrons. The van der Waals surface area contributed by atoms with E-state index in [-0.39, 0.29) is 5.91 Å². The van der Waals surface area contributed by atoms with Crippen molar-refractivity contribution in [2.24, 2.45) is 0 Å². The van der Waals surface area contributed by atoms with Gasteiger partial charge in [0.15, 0.2) is 0 Å². The molecule has 2 saturated heterocycles. The van der Waals surface area contributed by atoms with Crippen molar-refractivity contribution in [3.63, 3.8) is 0 Å². The Kier molecular flexibility index (Phi) is 14.3. The summed E-state index contributed by atoms with van der Waals surface area (Å²) in [6, 6.07) is 43.2. The molecule has 2 aliphatic rings. The van der Waals surface area contributed by atoms with E-state index in [0.29, 0.717) is 28.8 Å². The van der Waals surface area contributed by atoms with Crippen LogP contribution < -0.4 is 30.5 Å². The van der Waals surface area contributed by atoms with Gasteiger partial charge in [-0.2, -0.15) is 0 Å². The number of carbonyl (C=O) groups excluding carboxylic acids is 1. The van der Waals surface area contributed by atoms with Gasteiger partial charge in [0.05, 0.1) is 37.5 Å². The molecule has 70 heavy (non-hydrogen) atoms. The molecule has 0 atom stereocenters. The molecule has 1 amide bonds. The van der Waals surface area contributed by atoms with Crippen LogP contribution in [0.5, 0.6) is 0 Å². The number of hydrogen-bond acceptors (Lipinski definition) is 13. The second kappa shape index (κ2) is 21.4. The van der Waals surface area contributed by atoms with Crippen molar-refractivity contribution in [1.29, 1.82) is 0 Å². The molecule has 0 spiro atoms. The van der Waals surface area contributed by atoms with Gasteiger partial charge in [-0.15, -0.1) is 0 Å². The Morgan fingerprint density at radius 1 is 0.600 bits per heavy atom. The lowest BCUT2D eigenvalue weighted by atomic mass is 10.0. The molecular weight excluding hydrogens is 901 g/mol. The summed E-state index contributed by atoms with van der Waals surface area (Å²) in [5.74, 6) is 0.803. The van der Waals surface area contributed by atoms with Crippen molar-refractivity contribution >= 4 is 83.8 Å². The average Bonchev–Trinajstić information content (AvgIpc) is 3.39. The Balaban J connectivity index is 0.000000174. The zero-order valence-corrected chi connectivity index (χ0v) is 39.5. The summed E-state index contributed by atoms with van der Waals surface area (Å²) in [7, 11) is -3.60. The maximum atomic E-state index is 12.1. The molecule has 0 unspecified atom stereocenters. The molecule has 15 nitrogen and oxygen atoms in total. The predicted octanol–water partition coefficient (Wildman–Crippen LogP) is 10.2. The minimum atomic E-state index is -3.60. The Hall–Kier alpha value is -8.18. The van der Waals surface area contributed by atoms with E-state index in [1.54, 1.807) is 31.3 Å². The number of ether oxygens (including phenoxy) is 2. The first kappa shape index (κ1) is 46.9. The highest BCUT2D eigenvalue weighted by Crippen LogP contribution is 2.32. The summed E-state index contributed by atoms with van der Waals surface area (Å²) < 4.78 is 37.2. The number of nitrogens with one attached hydrogen (secondary N) is 4. The molecule has 0 radical (unpaired) electrons. The number of hydrogen-bond donors (Lipinski definition) is 4. The van der Waals surface area contributed by atoms with Gasteiger partial charge in [-0.05, 0) is 90.8 Å². The van der Waals surface area contributed by atoms with E-state index >= 15 is 0 Å². The third-order valence-corrected chi connectivity index (χ3v) is 12.7. The topological polar surface area (TPSA) is 176 Å². The molecule has 10 rings (SSSR count). The third kappa shape index (κ3) is 11.6. The fraction of sp³-hybridized carbons (Fsp3) is 0.167. The molecule has 16 heteroatoms. The van der Waals surface area contributed by atoms with E-state index in [2.05, 4.69) is 77.9 Å². The van der Waals surface area contributed by atoms with Crippen LogP contribution >= 0.6 is 0 Å². The smallest absolute Gasteiger partial charge is 0.254 e. The van der Waals surface area contributed by atoms with Crippen LogP contribution in [-0.2, 0) is 24.3 Å². The van der Waals surface area contributed by atoms with Crippen LogP contribution in [-0.4, -0.2) is 86.9 Å². The maximum absolute atomic E-state index is 12.1. The quantitative estimate of drug-likeness (QED) is 0.0805. The number of amides is 1. The number of para-hydroxylation sites is 2. The van der Waals surface area contributed by atoms with E-state index < -0.39 is 10.0 Å². The number of morpholine rings is 2. The van der Waals surface area contributed by atoms with Gasteiger partial charge in [-0.3, -0.25) is 9.52 Å². The second-order valence-corrected chi connectivity index (χ2v) is 18.3. The Bertz CT molecular complexity index is 3290. The predicted molar refractivity (Wildman–Crippen MR) is 282 cm³/mol. The maximum Gasteiger partial charge on any atom is 0.254 e. The van der Waals surface area contributed by atoms with Gasteiger partial charge in [0.1, 0.15) is 0 Å². The summed E-state index contributed by atoms with van der Waals surface area (Å²) >= 11 is 0. The standard InChI is InChI=1S/C28H27N5O2.C26H25N5O3S/c1-19(2)27(34)30-23-7-3-5-20(17-23)25-8-4-6-21-18-29-28(32-26(21)25)31-22-9-11-24(12-10-22)33-13-15-35-16-14-33;1-2-35(32,33)30-22-7-3-5-19(17-22)24-8-4-6-20-18-27-26(29-25(20)24)28-21-9-11-23(12-10-21)31-13-15-34-16-14-31/h3-12,17-18H,1,13-16H2,2H3,(H,30,34)(H,29,31,32);2-12,17-18,30H,1,13-16H2,(H,27,28,29). The van der Waals surface area contributed by atoms with Crippen molar-refractivity contribution in [1.82, 2.24) is 19.9 Å². The van der Waals surface area contributed by atoms with Gasteiger partial charge in [0, 0.05) is 106 Å². The lowest BCUT2D eigenvalue weighted by molar-refractivity contribution is -0.112. The summed E-state index contributed by atoms with van der Waals surface area (Å²) in [5, 5.41) is 12.2. The van der Waals surface area contributed by atoms with Crippen LogP contribution in [0.4, 0.5) is 46.0 Å². The van der Waals surface area contributed by atoms with Gasteiger partial charge < -0.3 is 35.2 Å². The number of nitrogens with zero attached hydrogens (tertiary/aromatic N) is 6. The van der Waals surface area contributed by atoms with Crippen LogP contribution in [0.1, 0.15) is 6.92 Å². The van der Waals surface area contributed by atoms with Gasteiger partial charge in [0.2, 0.25) is 11.9 Å². The SMILES string of the molecule is C=C(C)C(=O)Nc1cccc(-c2cccc3cnc(Nc4ccc(N5CCOCC5)cc4)nc23)c1.C=CS(=O)(=O)Nc1cccc(-c2cccc3cnc(Nc4ccc(N5CCOCC5)cc4)nc23)c1. The van der Waals surface area contributed by atoms with Crippen LogP contribution in [0.2, 0.25) is 0 Å². The monoisotopic (exact) mass is 952 g/mol. The van der Waals surface area contributed by atoms with Crippen molar-refractivity contribution in [2.45, 2.75) is 6.92 Å². The number of carbonyl (C=O) groups is 1. The van der Waals surface area contributed by atoms with E-state index in [9.17, 15) is 13.2 Å². The molecular formula is C54H52N10O5S. The van der Waals surface area contributed by atoms with Crippen LogP contribution in [0, 0.1) is 0 Å². The first-order chi connectivity index (χ1) is 34.1. The summed E-state index contributed by atoms with van der Waals surface area (Å²) in [4.78, 5) is 35.3. The number of benzene rings is 6. The fourth-order valence-electron chi connectivity index (χ4n) is 8.07. The van der Waals surface area contributed by atoms with Crippen LogP contribution in [0.15, 0.2) is 170 Å². The van der Waals surface area contributed by atoms with Gasteiger partial charge in [-0.1, -0.05) is 73.8 Å².